The van der Waals surface area contributed by atoms with E-state index < -0.39 is 5.60 Å². The van der Waals surface area contributed by atoms with Crippen molar-refractivity contribution in [3.8, 4) is 0 Å². The molecule has 0 radical (unpaired) electrons. The third kappa shape index (κ3) is 6.17. The Morgan fingerprint density at radius 2 is 1.90 bits per heavy atom. The quantitative estimate of drug-likeness (QED) is 0.556. The summed E-state index contributed by atoms with van der Waals surface area (Å²) >= 11 is 0. The van der Waals surface area contributed by atoms with E-state index in [0.717, 1.165) is 25.9 Å². The Labute approximate surface area is 121 Å². The molecule has 1 aromatic carbocycles. The Kier molecular flexibility index (Phi) is 7.26. The zero-order valence-electron chi connectivity index (χ0n) is 12.6. The molecular formula is C16H25NO3. The molecule has 0 aliphatic heterocycles. The van der Waals surface area contributed by atoms with Crippen molar-refractivity contribution in [1.82, 2.24) is 5.32 Å². The van der Waals surface area contributed by atoms with Crippen LogP contribution in [-0.4, -0.2) is 38.4 Å². The van der Waals surface area contributed by atoms with Crippen molar-refractivity contribution < 1.29 is 14.3 Å². The highest BCUT2D eigenvalue weighted by molar-refractivity contribution is 5.78. The van der Waals surface area contributed by atoms with E-state index in [0.29, 0.717) is 6.61 Å². The lowest BCUT2D eigenvalue weighted by molar-refractivity contribution is -0.164. The Hall–Kier alpha value is -1.39. The first-order valence-corrected chi connectivity index (χ1v) is 7.03. The third-order valence-electron chi connectivity index (χ3n) is 3.08. The summed E-state index contributed by atoms with van der Waals surface area (Å²) in [4.78, 5) is 11.4. The number of esters is 1. The highest BCUT2D eigenvalue weighted by Gasteiger charge is 2.29. The van der Waals surface area contributed by atoms with Crippen LogP contribution in [0.1, 0.15) is 25.8 Å². The molecule has 0 atom stereocenters. The van der Waals surface area contributed by atoms with Crippen LogP contribution in [0.2, 0.25) is 0 Å². The fraction of sp³-hybridized carbons (Fsp3) is 0.562. The summed E-state index contributed by atoms with van der Waals surface area (Å²) in [6.45, 7) is 5.60. The van der Waals surface area contributed by atoms with E-state index in [1.165, 1.54) is 12.7 Å². The second-order valence-electron chi connectivity index (χ2n) is 5.19. The van der Waals surface area contributed by atoms with E-state index in [1.807, 2.05) is 6.07 Å². The molecule has 0 aliphatic carbocycles. The summed E-state index contributed by atoms with van der Waals surface area (Å²) in [6.07, 6.45) is 2.16. The minimum absolute atomic E-state index is 0.346. The highest BCUT2D eigenvalue weighted by Crippen LogP contribution is 2.10. The van der Waals surface area contributed by atoms with E-state index in [2.05, 4.69) is 34.3 Å². The average Bonchev–Trinajstić information content (AvgIpc) is 2.46. The Morgan fingerprint density at radius 3 is 2.55 bits per heavy atom. The highest BCUT2D eigenvalue weighted by atomic mass is 16.6. The van der Waals surface area contributed by atoms with Gasteiger partial charge in [-0.25, -0.2) is 4.79 Å². The van der Waals surface area contributed by atoms with Crippen molar-refractivity contribution in [3.05, 3.63) is 35.9 Å². The maximum absolute atomic E-state index is 11.4. The van der Waals surface area contributed by atoms with Crippen LogP contribution >= 0.6 is 0 Å². The zero-order chi connectivity index (χ0) is 14.8. The minimum Gasteiger partial charge on any atom is -0.467 e. The normalized spacial score (nSPS) is 11.3. The first kappa shape index (κ1) is 16.7. The van der Waals surface area contributed by atoms with Gasteiger partial charge in [-0.2, -0.15) is 0 Å². The van der Waals surface area contributed by atoms with Crippen LogP contribution < -0.4 is 5.32 Å². The molecule has 4 nitrogen and oxygen atoms in total. The summed E-state index contributed by atoms with van der Waals surface area (Å²) in [7, 11) is 1.37. The first-order chi connectivity index (χ1) is 9.56. The predicted octanol–water partition coefficient (Wildman–Crippen LogP) is 2.18. The molecule has 0 unspecified atom stereocenters. The number of hydrogen-bond acceptors (Lipinski definition) is 4. The molecule has 0 bridgehead atoms. The molecule has 0 aliphatic rings. The first-order valence-electron chi connectivity index (χ1n) is 7.03. The molecule has 112 valence electrons. The van der Waals surface area contributed by atoms with Crippen LogP contribution in [0, 0.1) is 0 Å². The third-order valence-corrected chi connectivity index (χ3v) is 3.08. The number of rotatable bonds is 9. The van der Waals surface area contributed by atoms with Crippen LogP contribution in [0.4, 0.5) is 0 Å². The Morgan fingerprint density at radius 1 is 1.20 bits per heavy atom. The molecule has 1 rings (SSSR count). The van der Waals surface area contributed by atoms with Crippen molar-refractivity contribution >= 4 is 5.97 Å². The maximum atomic E-state index is 11.4. The number of benzene rings is 1. The molecule has 0 heterocycles. The predicted molar refractivity (Wildman–Crippen MR) is 79.7 cm³/mol. The van der Waals surface area contributed by atoms with Crippen molar-refractivity contribution in [2.75, 3.05) is 26.8 Å². The minimum atomic E-state index is -0.875. The standard InChI is InChI=1S/C16H25NO3/c1-16(2,15(18)19-3)20-13-12-17-11-7-10-14-8-5-4-6-9-14/h4-6,8-9,17H,7,10-13H2,1-3H3. The van der Waals surface area contributed by atoms with Gasteiger partial charge in [0.05, 0.1) is 13.7 Å². The molecule has 20 heavy (non-hydrogen) atoms. The van der Waals surface area contributed by atoms with Gasteiger partial charge in [-0.3, -0.25) is 0 Å². The Balaban J connectivity index is 2.04. The van der Waals surface area contributed by atoms with E-state index in [9.17, 15) is 4.79 Å². The molecule has 0 amide bonds. The van der Waals surface area contributed by atoms with Crippen LogP contribution in [0.3, 0.4) is 0 Å². The van der Waals surface area contributed by atoms with Crippen molar-refractivity contribution in [3.63, 3.8) is 0 Å². The Bertz CT molecular complexity index is 390. The van der Waals surface area contributed by atoms with Gasteiger partial charge in [0, 0.05) is 6.54 Å². The van der Waals surface area contributed by atoms with Crippen LogP contribution in [0.25, 0.3) is 0 Å². The summed E-state index contributed by atoms with van der Waals surface area (Å²) in [5, 5.41) is 3.31. The monoisotopic (exact) mass is 279 g/mol. The van der Waals surface area contributed by atoms with Gasteiger partial charge in [-0.05, 0) is 38.8 Å². The molecular weight excluding hydrogens is 254 g/mol. The summed E-state index contributed by atoms with van der Waals surface area (Å²) < 4.78 is 10.2. The molecule has 0 aromatic heterocycles. The van der Waals surface area contributed by atoms with Gasteiger partial charge in [0.25, 0.3) is 0 Å². The molecule has 1 N–H and O–H groups in total. The lowest BCUT2D eigenvalue weighted by Gasteiger charge is -2.22. The second kappa shape index (κ2) is 8.72. The van der Waals surface area contributed by atoms with E-state index >= 15 is 0 Å². The molecule has 4 heteroatoms. The van der Waals surface area contributed by atoms with Gasteiger partial charge in [0.15, 0.2) is 5.60 Å². The second-order valence-corrected chi connectivity index (χ2v) is 5.19. The molecule has 0 fully saturated rings. The van der Waals surface area contributed by atoms with Gasteiger partial charge >= 0.3 is 5.97 Å². The number of hydrogen-bond donors (Lipinski definition) is 1. The van der Waals surface area contributed by atoms with Gasteiger partial charge in [-0.1, -0.05) is 30.3 Å². The van der Waals surface area contributed by atoms with Crippen molar-refractivity contribution in [2.24, 2.45) is 0 Å². The SMILES string of the molecule is COC(=O)C(C)(C)OCCNCCCc1ccccc1. The topological polar surface area (TPSA) is 47.6 Å². The largest absolute Gasteiger partial charge is 0.467 e. The summed E-state index contributed by atoms with van der Waals surface area (Å²) in [6, 6.07) is 10.4. The molecule has 0 saturated carbocycles. The average molecular weight is 279 g/mol. The maximum Gasteiger partial charge on any atom is 0.337 e. The number of carbonyl (C=O) groups is 1. The van der Waals surface area contributed by atoms with E-state index in [-0.39, 0.29) is 5.97 Å². The lowest BCUT2D eigenvalue weighted by Crippen LogP contribution is -2.38. The van der Waals surface area contributed by atoms with Crippen molar-refractivity contribution in [1.29, 1.82) is 0 Å². The number of nitrogens with one attached hydrogen (secondary N) is 1. The number of ether oxygens (including phenoxy) is 2. The number of carbonyl (C=O) groups excluding carboxylic acids is 1. The van der Waals surface area contributed by atoms with Crippen LogP contribution in [-0.2, 0) is 20.7 Å². The molecule has 0 saturated heterocycles. The number of methoxy groups -OCH3 is 1. The van der Waals surface area contributed by atoms with Gasteiger partial charge in [0.2, 0.25) is 0 Å². The lowest BCUT2D eigenvalue weighted by atomic mass is 10.1. The van der Waals surface area contributed by atoms with Crippen molar-refractivity contribution in [2.45, 2.75) is 32.3 Å². The van der Waals surface area contributed by atoms with Gasteiger partial charge < -0.3 is 14.8 Å². The van der Waals surface area contributed by atoms with Gasteiger partial charge in [-0.15, -0.1) is 0 Å². The van der Waals surface area contributed by atoms with Crippen LogP contribution in [0.15, 0.2) is 30.3 Å². The molecule has 0 spiro atoms. The number of aryl methyl sites for hydroxylation is 1. The summed E-state index contributed by atoms with van der Waals surface area (Å²) in [5.74, 6) is -0.346. The zero-order valence-corrected chi connectivity index (χ0v) is 12.6. The summed E-state index contributed by atoms with van der Waals surface area (Å²) in [5.41, 5.74) is 0.484. The fourth-order valence-corrected chi connectivity index (χ4v) is 1.87. The van der Waals surface area contributed by atoms with E-state index in [4.69, 9.17) is 4.74 Å². The van der Waals surface area contributed by atoms with Gasteiger partial charge in [0.1, 0.15) is 0 Å². The van der Waals surface area contributed by atoms with E-state index in [1.54, 1.807) is 13.8 Å². The fourth-order valence-electron chi connectivity index (χ4n) is 1.87. The smallest absolute Gasteiger partial charge is 0.337 e. The molecule has 1 aromatic rings. The van der Waals surface area contributed by atoms with Crippen LogP contribution in [0.5, 0.6) is 0 Å².